The van der Waals surface area contributed by atoms with E-state index in [4.69, 9.17) is 21.2 Å². The first kappa shape index (κ1) is 29.4. The van der Waals surface area contributed by atoms with Crippen molar-refractivity contribution < 1.29 is 35.6 Å². The minimum absolute atomic E-state index is 0.0200. The number of hydrogen-bond acceptors (Lipinski definition) is 7. The van der Waals surface area contributed by atoms with Gasteiger partial charge >= 0.3 is 6.18 Å². The van der Waals surface area contributed by atoms with Gasteiger partial charge in [-0.3, -0.25) is 14.7 Å². The van der Waals surface area contributed by atoms with E-state index in [9.17, 15) is 31.2 Å². The number of piperidine rings is 1. The normalized spacial score (nSPS) is 14.2. The Kier molecular flexibility index (Phi) is 7.88. The number of ketones is 1. The number of amides is 1. The van der Waals surface area contributed by atoms with Crippen LogP contribution >= 0.6 is 11.6 Å². The van der Waals surface area contributed by atoms with Gasteiger partial charge in [-0.15, -0.1) is 0 Å². The minimum atomic E-state index is -4.73. The van der Waals surface area contributed by atoms with Crippen LogP contribution in [-0.2, 0) is 16.2 Å². The summed E-state index contributed by atoms with van der Waals surface area (Å²) in [4.78, 5) is 29.0. The average molecular weight is 622 g/mol. The van der Waals surface area contributed by atoms with Crippen LogP contribution in [0.2, 0.25) is 5.02 Å². The molecule has 1 aliphatic rings. The topological polar surface area (TPSA) is 151 Å². The second kappa shape index (κ2) is 11.3. The van der Waals surface area contributed by atoms with E-state index in [1.54, 1.807) is 12.1 Å². The van der Waals surface area contributed by atoms with Crippen LogP contribution in [0.4, 0.5) is 24.5 Å². The number of carbonyl (C=O) groups excluding carboxylic acids is 2. The number of nitrogens with one attached hydrogen (secondary N) is 2. The van der Waals surface area contributed by atoms with Gasteiger partial charge in [0.2, 0.25) is 5.09 Å². The summed E-state index contributed by atoms with van der Waals surface area (Å²) in [5.74, 6) is -1.87. The molecule has 10 nitrogen and oxygen atoms in total. The quantitative estimate of drug-likeness (QED) is 0.232. The molecule has 4 aromatic rings. The van der Waals surface area contributed by atoms with Crippen LogP contribution in [0.3, 0.4) is 0 Å². The van der Waals surface area contributed by atoms with Gasteiger partial charge in [0.15, 0.2) is 11.5 Å². The molecule has 0 unspecified atom stereocenters. The lowest BCUT2D eigenvalue weighted by Crippen LogP contribution is -2.29. The molecule has 2 aromatic carbocycles. The lowest BCUT2D eigenvalue weighted by molar-refractivity contribution is -0.137. The molecule has 1 saturated heterocycles. The van der Waals surface area contributed by atoms with Crippen molar-refractivity contribution in [1.29, 1.82) is 0 Å². The van der Waals surface area contributed by atoms with E-state index < -0.39 is 43.6 Å². The van der Waals surface area contributed by atoms with Crippen molar-refractivity contribution in [2.45, 2.75) is 30.5 Å². The summed E-state index contributed by atoms with van der Waals surface area (Å²) in [6, 6.07) is 10.2. The number of primary sulfonamides is 1. The zero-order chi connectivity index (χ0) is 30.2. The Bertz CT molecular complexity index is 1780. The van der Waals surface area contributed by atoms with Crippen LogP contribution in [0.1, 0.15) is 51.3 Å². The number of nitrogens with two attached hydrogens (primary N) is 1. The predicted octanol–water partition coefficient (Wildman–Crippen LogP) is 5.46. The van der Waals surface area contributed by atoms with E-state index in [1.165, 1.54) is 18.3 Å². The molecule has 2 aromatic heterocycles. The third-order valence-electron chi connectivity index (χ3n) is 6.75. The highest BCUT2D eigenvalue weighted by molar-refractivity contribution is 7.89. The maximum absolute atomic E-state index is 14.0. The number of aromatic amines is 1. The Hall–Kier alpha value is -4.14. The molecule has 1 amide bonds. The van der Waals surface area contributed by atoms with E-state index in [2.05, 4.69) is 20.4 Å². The summed E-state index contributed by atoms with van der Waals surface area (Å²) in [6.45, 7) is 1.51. The van der Waals surface area contributed by atoms with Gasteiger partial charge in [0.05, 0.1) is 33.7 Å². The second-order valence-electron chi connectivity index (χ2n) is 9.58. The number of hydrogen-bond donors (Lipinski definition) is 3. The zero-order valence-corrected chi connectivity index (χ0v) is 23.2. The molecular formula is C27H23ClF3N5O5S. The van der Waals surface area contributed by atoms with Gasteiger partial charge in [-0.25, -0.2) is 13.6 Å². The van der Waals surface area contributed by atoms with Crippen molar-refractivity contribution in [3.05, 3.63) is 82.2 Å². The largest absolute Gasteiger partial charge is 0.438 e. The molecule has 0 atom stereocenters. The number of benzene rings is 2. The van der Waals surface area contributed by atoms with Crippen LogP contribution < -0.4 is 15.4 Å². The molecule has 1 fully saturated rings. The van der Waals surface area contributed by atoms with Crippen molar-refractivity contribution in [2.75, 3.05) is 23.3 Å². The molecule has 4 N–H and O–H groups in total. The Morgan fingerprint density at radius 1 is 1.02 bits per heavy atom. The molecule has 0 saturated carbocycles. The van der Waals surface area contributed by atoms with E-state index in [1.807, 2.05) is 0 Å². The molecule has 3 heterocycles. The average Bonchev–Trinajstić information content (AvgIpc) is 3.64. The molecule has 5 rings (SSSR count). The van der Waals surface area contributed by atoms with Crippen LogP contribution in [0.5, 0.6) is 0 Å². The molecule has 0 bridgehead atoms. The van der Waals surface area contributed by atoms with Gasteiger partial charge in [-0.2, -0.15) is 18.3 Å². The molecule has 15 heteroatoms. The van der Waals surface area contributed by atoms with Gasteiger partial charge < -0.3 is 14.6 Å². The molecule has 0 aliphatic carbocycles. The van der Waals surface area contributed by atoms with Crippen LogP contribution in [-0.4, -0.2) is 43.4 Å². The van der Waals surface area contributed by atoms with Gasteiger partial charge in [-0.05, 0) is 61.7 Å². The van der Waals surface area contributed by atoms with Gasteiger partial charge in [-0.1, -0.05) is 17.7 Å². The van der Waals surface area contributed by atoms with Crippen LogP contribution in [0.25, 0.3) is 11.3 Å². The Labute approximate surface area is 242 Å². The number of carbonyl (C=O) groups is 2. The summed E-state index contributed by atoms with van der Waals surface area (Å²) >= 11 is 5.77. The number of furan rings is 1. The highest BCUT2D eigenvalue weighted by atomic mass is 35.5. The number of sulfonamides is 1. The van der Waals surface area contributed by atoms with E-state index in [0.717, 1.165) is 56.6 Å². The first-order valence-corrected chi connectivity index (χ1v) is 14.5. The monoisotopic (exact) mass is 621 g/mol. The summed E-state index contributed by atoms with van der Waals surface area (Å²) in [5, 5.41) is 13.0. The van der Waals surface area contributed by atoms with Crippen molar-refractivity contribution in [3.63, 3.8) is 0 Å². The lowest BCUT2D eigenvalue weighted by Gasteiger charge is -2.29. The number of halogens is 4. The third-order valence-corrected chi connectivity index (χ3v) is 7.86. The van der Waals surface area contributed by atoms with Crippen molar-refractivity contribution >= 4 is 44.7 Å². The van der Waals surface area contributed by atoms with Crippen LogP contribution in [0.15, 0.2) is 64.2 Å². The minimum Gasteiger partial charge on any atom is -0.438 e. The fourth-order valence-corrected chi connectivity index (χ4v) is 5.37. The third kappa shape index (κ3) is 6.05. The summed E-state index contributed by atoms with van der Waals surface area (Å²) in [6.07, 6.45) is -0.567. The van der Waals surface area contributed by atoms with E-state index in [-0.39, 0.29) is 33.8 Å². The molecule has 0 spiro atoms. The number of H-pyrrole nitrogens is 1. The second-order valence-corrected chi connectivity index (χ2v) is 11.5. The Morgan fingerprint density at radius 2 is 1.76 bits per heavy atom. The molecule has 0 radical (unpaired) electrons. The summed E-state index contributed by atoms with van der Waals surface area (Å²) in [5.41, 5.74) is -0.293. The smallest absolute Gasteiger partial charge is 0.417 e. The predicted molar refractivity (Wildman–Crippen MR) is 148 cm³/mol. The van der Waals surface area contributed by atoms with E-state index >= 15 is 0 Å². The lowest BCUT2D eigenvalue weighted by atomic mass is 9.97. The molecule has 42 heavy (non-hydrogen) atoms. The fraction of sp³-hybridized carbons (Fsp3) is 0.222. The van der Waals surface area contributed by atoms with Gasteiger partial charge in [0, 0.05) is 29.9 Å². The first-order chi connectivity index (χ1) is 19.8. The first-order valence-electron chi connectivity index (χ1n) is 12.6. The van der Waals surface area contributed by atoms with Crippen molar-refractivity contribution in [2.24, 2.45) is 5.14 Å². The number of nitrogens with zero attached hydrogens (tertiary/aromatic N) is 2. The van der Waals surface area contributed by atoms with Crippen LogP contribution in [0, 0.1) is 0 Å². The standard InChI is InChI=1S/C27H23ClF3N5O5S/c28-20-6-4-15(12-19(20)27(29,30)31)24-18(14-33-35-24)25(37)17-13-16(36-10-2-1-3-11-36)5-7-21(17)34-26(38)22-8-9-23(41-22)42(32,39)40/h4-9,12-14H,1-3,10-11H2,(H,33,35)(H,34,38)(H2,32,39,40). The maximum atomic E-state index is 14.0. The zero-order valence-electron chi connectivity index (χ0n) is 21.7. The molecule has 1 aliphatic heterocycles. The maximum Gasteiger partial charge on any atom is 0.417 e. The molecule has 220 valence electrons. The number of rotatable bonds is 7. The SMILES string of the molecule is NS(=O)(=O)c1ccc(C(=O)Nc2ccc(N3CCCCC3)cc2C(=O)c2cn[nH]c2-c2ccc(Cl)c(C(F)(F)F)c2)o1. The Morgan fingerprint density at radius 3 is 2.43 bits per heavy atom. The van der Waals surface area contributed by atoms with Crippen molar-refractivity contribution in [3.8, 4) is 11.3 Å². The summed E-state index contributed by atoms with van der Waals surface area (Å²) in [7, 11) is -4.20. The van der Waals surface area contributed by atoms with E-state index in [0.29, 0.717) is 5.69 Å². The number of anilines is 2. The number of aromatic nitrogens is 2. The summed E-state index contributed by atoms with van der Waals surface area (Å²) < 4.78 is 68.8. The highest BCUT2D eigenvalue weighted by Crippen LogP contribution is 2.38. The Balaban J connectivity index is 1.55. The number of alkyl halides is 3. The van der Waals surface area contributed by atoms with Gasteiger partial charge in [0.25, 0.3) is 15.9 Å². The molecular weight excluding hydrogens is 599 g/mol. The van der Waals surface area contributed by atoms with Gasteiger partial charge in [0.1, 0.15) is 0 Å². The highest BCUT2D eigenvalue weighted by Gasteiger charge is 2.34. The fourth-order valence-electron chi connectivity index (χ4n) is 4.68. The van der Waals surface area contributed by atoms with Crippen molar-refractivity contribution in [1.82, 2.24) is 10.2 Å².